The molecule has 16 heavy (non-hydrogen) atoms. The summed E-state index contributed by atoms with van der Waals surface area (Å²) in [6.45, 7) is 6.36. The fourth-order valence-electron chi connectivity index (χ4n) is 1.93. The Balaban J connectivity index is 2.93. The van der Waals surface area contributed by atoms with Crippen LogP contribution in [0, 0.1) is 5.82 Å². The van der Waals surface area contributed by atoms with Crippen LogP contribution in [0.1, 0.15) is 40.0 Å². The number of halogens is 1. The molecule has 0 amide bonds. The van der Waals surface area contributed by atoms with Gasteiger partial charge in [-0.2, -0.15) is 0 Å². The van der Waals surface area contributed by atoms with E-state index in [1.165, 1.54) is 6.07 Å². The fraction of sp³-hybridized carbons (Fsp3) is 0.538. The number of nitrogen functional groups attached to an aromatic ring is 1. The number of anilines is 2. The van der Waals surface area contributed by atoms with Gasteiger partial charge in [-0.15, -0.1) is 0 Å². The molecular weight excluding hydrogens is 203 g/mol. The molecule has 0 fully saturated rings. The van der Waals surface area contributed by atoms with Gasteiger partial charge in [0.2, 0.25) is 0 Å². The van der Waals surface area contributed by atoms with Crippen LogP contribution >= 0.6 is 0 Å². The predicted octanol–water partition coefficient (Wildman–Crippen LogP) is 3.79. The minimum atomic E-state index is -0.278. The number of hydrogen-bond donors (Lipinski definition) is 2. The molecule has 0 aromatic heterocycles. The Morgan fingerprint density at radius 1 is 1.19 bits per heavy atom. The molecule has 90 valence electrons. The topological polar surface area (TPSA) is 38.0 Å². The van der Waals surface area contributed by atoms with Gasteiger partial charge in [0.1, 0.15) is 5.82 Å². The van der Waals surface area contributed by atoms with Crippen LogP contribution in [-0.2, 0) is 0 Å². The Bertz CT molecular complexity index is 338. The van der Waals surface area contributed by atoms with E-state index in [2.05, 4.69) is 26.1 Å². The van der Waals surface area contributed by atoms with Crippen molar-refractivity contribution in [1.29, 1.82) is 0 Å². The van der Waals surface area contributed by atoms with E-state index in [1.807, 2.05) is 0 Å². The standard InChI is InChI=1S/C13H21FN2/c1-4-13(5-2,6-3)16-12-8-7-10(15)9-11(12)14/h7-9,16H,4-6,15H2,1-3H3. The Kier molecular flexibility index (Phi) is 4.16. The zero-order chi connectivity index (χ0) is 12.2. The van der Waals surface area contributed by atoms with E-state index in [0.717, 1.165) is 19.3 Å². The molecule has 3 N–H and O–H groups in total. The van der Waals surface area contributed by atoms with E-state index in [-0.39, 0.29) is 11.4 Å². The minimum absolute atomic E-state index is 0.0169. The van der Waals surface area contributed by atoms with Crippen molar-refractivity contribution in [3.8, 4) is 0 Å². The maximum Gasteiger partial charge on any atom is 0.148 e. The summed E-state index contributed by atoms with van der Waals surface area (Å²) in [5, 5.41) is 3.31. The van der Waals surface area contributed by atoms with Gasteiger partial charge in [0.15, 0.2) is 0 Å². The SMILES string of the molecule is CCC(CC)(CC)Nc1ccc(N)cc1F. The zero-order valence-corrected chi connectivity index (χ0v) is 10.3. The maximum absolute atomic E-state index is 13.6. The number of hydrogen-bond acceptors (Lipinski definition) is 2. The molecule has 1 aromatic rings. The zero-order valence-electron chi connectivity index (χ0n) is 10.3. The Labute approximate surface area is 97.0 Å². The number of nitrogens with one attached hydrogen (secondary N) is 1. The second kappa shape index (κ2) is 5.19. The molecule has 0 heterocycles. The second-order valence-corrected chi connectivity index (χ2v) is 4.21. The predicted molar refractivity (Wildman–Crippen MR) is 68.0 cm³/mol. The van der Waals surface area contributed by atoms with Gasteiger partial charge in [-0.05, 0) is 37.5 Å². The summed E-state index contributed by atoms with van der Waals surface area (Å²) in [5.74, 6) is -0.278. The van der Waals surface area contributed by atoms with Gasteiger partial charge in [-0.3, -0.25) is 0 Å². The maximum atomic E-state index is 13.6. The molecular formula is C13H21FN2. The third kappa shape index (κ3) is 2.65. The quantitative estimate of drug-likeness (QED) is 0.747. The summed E-state index contributed by atoms with van der Waals surface area (Å²) < 4.78 is 13.6. The molecule has 0 aliphatic heterocycles. The van der Waals surface area contributed by atoms with E-state index >= 15 is 0 Å². The first-order valence-corrected chi connectivity index (χ1v) is 5.90. The number of nitrogens with two attached hydrogens (primary N) is 1. The highest BCUT2D eigenvalue weighted by Crippen LogP contribution is 2.27. The molecule has 0 saturated carbocycles. The molecule has 3 heteroatoms. The van der Waals surface area contributed by atoms with Gasteiger partial charge in [0, 0.05) is 11.2 Å². The molecule has 0 spiro atoms. The first-order chi connectivity index (χ1) is 7.56. The van der Waals surface area contributed by atoms with Gasteiger partial charge in [-0.25, -0.2) is 4.39 Å². The normalized spacial score (nSPS) is 11.5. The third-order valence-corrected chi connectivity index (χ3v) is 3.42. The highest BCUT2D eigenvalue weighted by molar-refractivity contribution is 5.53. The Morgan fingerprint density at radius 2 is 1.75 bits per heavy atom. The highest BCUT2D eigenvalue weighted by Gasteiger charge is 2.24. The molecule has 0 atom stereocenters. The van der Waals surface area contributed by atoms with Crippen LogP contribution in [0.4, 0.5) is 15.8 Å². The molecule has 0 radical (unpaired) electrons. The van der Waals surface area contributed by atoms with Crippen molar-refractivity contribution in [2.24, 2.45) is 0 Å². The lowest BCUT2D eigenvalue weighted by Crippen LogP contribution is -2.36. The van der Waals surface area contributed by atoms with E-state index < -0.39 is 0 Å². The van der Waals surface area contributed by atoms with E-state index in [0.29, 0.717) is 11.4 Å². The average molecular weight is 224 g/mol. The monoisotopic (exact) mass is 224 g/mol. The molecule has 2 nitrogen and oxygen atoms in total. The van der Waals surface area contributed by atoms with Crippen LogP contribution in [0.15, 0.2) is 18.2 Å². The van der Waals surface area contributed by atoms with Crippen LogP contribution in [-0.4, -0.2) is 5.54 Å². The van der Waals surface area contributed by atoms with Crippen LogP contribution in [0.5, 0.6) is 0 Å². The van der Waals surface area contributed by atoms with Gasteiger partial charge >= 0.3 is 0 Å². The molecule has 0 saturated heterocycles. The lowest BCUT2D eigenvalue weighted by atomic mass is 9.89. The van der Waals surface area contributed by atoms with Gasteiger partial charge in [0.25, 0.3) is 0 Å². The first kappa shape index (κ1) is 12.8. The van der Waals surface area contributed by atoms with Crippen molar-refractivity contribution in [2.45, 2.75) is 45.6 Å². The second-order valence-electron chi connectivity index (χ2n) is 4.21. The van der Waals surface area contributed by atoms with Crippen LogP contribution < -0.4 is 11.1 Å². The number of rotatable bonds is 5. The van der Waals surface area contributed by atoms with Crippen molar-refractivity contribution < 1.29 is 4.39 Å². The summed E-state index contributed by atoms with van der Waals surface area (Å²) >= 11 is 0. The van der Waals surface area contributed by atoms with Crippen molar-refractivity contribution in [3.05, 3.63) is 24.0 Å². The van der Waals surface area contributed by atoms with Gasteiger partial charge in [-0.1, -0.05) is 20.8 Å². The summed E-state index contributed by atoms with van der Waals surface area (Å²) in [6, 6.07) is 4.78. The summed E-state index contributed by atoms with van der Waals surface area (Å²) in [6.07, 6.45) is 2.93. The molecule has 0 aliphatic rings. The Hall–Kier alpha value is -1.25. The fourth-order valence-corrected chi connectivity index (χ4v) is 1.93. The average Bonchev–Trinajstić information content (AvgIpc) is 2.29. The van der Waals surface area contributed by atoms with Crippen molar-refractivity contribution >= 4 is 11.4 Å². The van der Waals surface area contributed by atoms with E-state index in [4.69, 9.17) is 5.73 Å². The van der Waals surface area contributed by atoms with Crippen LogP contribution in [0.2, 0.25) is 0 Å². The Morgan fingerprint density at radius 3 is 2.19 bits per heavy atom. The van der Waals surface area contributed by atoms with E-state index in [9.17, 15) is 4.39 Å². The highest BCUT2D eigenvalue weighted by atomic mass is 19.1. The van der Waals surface area contributed by atoms with Gasteiger partial charge < -0.3 is 11.1 Å². The van der Waals surface area contributed by atoms with Crippen LogP contribution in [0.25, 0.3) is 0 Å². The number of benzene rings is 1. The van der Waals surface area contributed by atoms with Crippen molar-refractivity contribution in [3.63, 3.8) is 0 Å². The minimum Gasteiger partial charge on any atom is -0.399 e. The van der Waals surface area contributed by atoms with Gasteiger partial charge in [0.05, 0.1) is 5.69 Å². The molecule has 1 rings (SSSR count). The lowest BCUT2D eigenvalue weighted by Gasteiger charge is -2.33. The third-order valence-electron chi connectivity index (χ3n) is 3.42. The first-order valence-electron chi connectivity index (χ1n) is 5.90. The molecule has 0 aliphatic carbocycles. The summed E-state index contributed by atoms with van der Waals surface area (Å²) in [7, 11) is 0. The van der Waals surface area contributed by atoms with E-state index in [1.54, 1.807) is 12.1 Å². The molecule has 0 unspecified atom stereocenters. The lowest BCUT2D eigenvalue weighted by molar-refractivity contribution is 0.417. The molecule has 1 aromatic carbocycles. The summed E-state index contributed by atoms with van der Waals surface area (Å²) in [4.78, 5) is 0. The largest absolute Gasteiger partial charge is 0.399 e. The van der Waals surface area contributed by atoms with Crippen molar-refractivity contribution in [2.75, 3.05) is 11.1 Å². The summed E-state index contributed by atoms with van der Waals surface area (Å²) in [5.41, 5.74) is 6.50. The van der Waals surface area contributed by atoms with Crippen LogP contribution in [0.3, 0.4) is 0 Å². The molecule has 0 bridgehead atoms. The smallest absolute Gasteiger partial charge is 0.148 e. The van der Waals surface area contributed by atoms with Crippen molar-refractivity contribution in [1.82, 2.24) is 0 Å².